The van der Waals surface area contributed by atoms with Crippen LogP contribution in [0.15, 0.2) is 41.4 Å². The van der Waals surface area contributed by atoms with Gasteiger partial charge in [-0.1, -0.05) is 44.4 Å². The zero-order valence-electron chi connectivity index (χ0n) is 14.8. The number of aliphatic imine (C=N–C) groups is 1. The lowest BCUT2D eigenvalue weighted by Crippen LogP contribution is -2.07. The van der Waals surface area contributed by atoms with E-state index in [-0.39, 0.29) is 23.9 Å². The van der Waals surface area contributed by atoms with Gasteiger partial charge in [0.05, 0.1) is 0 Å². The largest absolute Gasteiger partial charge is 0.475 e. The number of halogens is 3. The van der Waals surface area contributed by atoms with Crippen molar-refractivity contribution in [3.05, 3.63) is 70.5 Å². The molecular weight excluding hydrogens is 339 g/mol. The van der Waals surface area contributed by atoms with Crippen LogP contribution in [0.4, 0.5) is 13.2 Å². The van der Waals surface area contributed by atoms with E-state index in [4.69, 9.17) is 4.74 Å². The van der Waals surface area contributed by atoms with Gasteiger partial charge in [0.25, 0.3) is 0 Å². The van der Waals surface area contributed by atoms with E-state index in [1.807, 2.05) is 6.07 Å². The van der Waals surface area contributed by atoms with Gasteiger partial charge >= 0.3 is 0 Å². The molecule has 5 heteroatoms. The summed E-state index contributed by atoms with van der Waals surface area (Å²) in [7, 11) is 0. The normalized spacial score (nSPS) is 16.5. The van der Waals surface area contributed by atoms with Crippen molar-refractivity contribution < 1.29 is 17.9 Å². The molecule has 1 aliphatic heterocycles. The molecule has 0 N–H and O–H groups in total. The SMILES string of the molecule is CCCCCCc1ccc(C2COC(c3c(F)cccc3F)=N2)c(F)c1. The summed E-state index contributed by atoms with van der Waals surface area (Å²) in [5.41, 5.74) is 1.03. The van der Waals surface area contributed by atoms with Gasteiger partial charge in [-0.25, -0.2) is 18.2 Å². The molecule has 2 aromatic carbocycles. The monoisotopic (exact) mass is 361 g/mol. The fraction of sp³-hybridized carbons (Fsp3) is 0.381. The Bertz CT molecular complexity index is 784. The lowest BCUT2D eigenvalue weighted by molar-refractivity contribution is 0.315. The third-order valence-electron chi connectivity index (χ3n) is 4.57. The molecule has 26 heavy (non-hydrogen) atoms. The average molecular weight is 361 g/mol. The highest BCUT2D eigenvalue weighted by Crippen LogP contribution is 2.29. The van der Waals surface area contributed by atoms with Crippen LogP contribution < -0.4 is 0 Å². The number of nitrogens with zero attached hydrogens (tertiary/aromatic N) is 1. The molecule has 0 aliphatic carbocycles. The first kappa shape index (κ1) is 18.5. The molecule has 1 heterocycles. The predicted molar refractivity (Wildman–Crippen MR) is 95.8 cm³/mol. The van der Waals surface area contributed by atoms with Crippen molar-refractivity contribution in [3.8, 4) is 0 Å². The van der Waals surface area contributed by atoms with Crippen LogP contribution in [-0.4, -0.2) is 12.5 Å². The van der Waals surface area contributed by atoms with Crippen molar-refractivity contribution in [3.63, 3.8) is 0 Å². The quantitative estimate of drug-likeness (QED) is 0.576. The topological polar surface area (TPSA) is 21.6 Å². The van der Waals surface area contributed by atoms with Gasteiger partial charge in [0, 0.05) is 5.56 Å². The van der Waals surface area contributed by atoms with E-state index in [0.29, 0.717) is 5.56 Å². The first-order chi connectivity index (χ1) is 12.6. The van der Waals surface area contributed by atoms with Crippen molar-refractivity contribution in [1.82, 2.24) is 0 Å². The Morgan fingerprint density at radius 2 is 1.77 bits per heavy atom. The Kier molecular flexibility index (Phi) is 5.96. The molecule has 0 saturated carbocycles. The fourth-order valence-corrected chi connectivity index (χ4v) is 3.12. The van der Waals surface area contributed by atoms with Gasteiger partial charge in [-0.2, -0.15) is 0 Å². The summed E-state index contributed by atoms with van der Waals surface area (Å²) in [5.74, 6) is -1.96. The van der Waals surface area contributed by atoms with Crippen molar-refractivity contribution in [2.45, 2.75) is 45.1 Å². The number of unbranched alkanes of at least 4 members (excludes halogenated alkanes) is 3. The highest BCUT2D eigenvalue weighted by atomic mass is 19.1. The lowest BCUT2D eigenvalue weighted by Gasteiger charge is -2.09. The number of rotatable bonds is 7. The smallest absolute Gasteiger partial charge is 0.222 e. The number of hydrogen-bond donors (Lipinski definition) is 0. The van der Waals surface area contributed by atoms with Crippen LogP contribution in [0.1, 0.15) is 55.3 Å². The molecule has 3 rings (SSSR count). The second kappa shape index (κ2) is 8.39. The number of benzene rings is 2. The molecule has 0 radical (unpaired) electrons. The summed E-state index contributed by atoms with van der Waals surface area (Å²) >= 11 is 0. The van der Waals surface area contributed by atoms with E-state index in [2.05, 4.69) is 11.9 Å². The molecule has 0 bridgehead atoms. The maximum Gasteiger partial charge on any atom is 0.222 e. The van der Waals surface area contributed by atoms with E-state index < -0.39 is 17.7 Å². The Balaban J connectivity index is 1.75. The number of hydrogen-bond acceptors (Lipinski definition) is 2. The predicted octanol–water partition coefficient (Wildman–Crippen LogP) is 5.74. The number of aryl methyl sites for hydroxylation is 1. The van der Waals surface area contributed by atoms with Gasteiger partial charge in [0.15, 0.2) is 0 Å². The minimum atomic E-state index is -0.743. The molecule has 0 saturated heterocycles. The molecule has 0 amide bonds. The highest BCUT2D eigenvalue weighted by molar-refractivity contribution is 5.95. The van der Waals surface area contributed by atoms with Crippen LogP contribution >= 0.6 is 0 Å². The molecule has 2 aromatic rings. The third kappa shape index (κ3) is 4.09. The van der Waals surface area contributed by atoms with Crippen molar-refractivity contribution in [2.75, 3.05) is 6.61 Å². The number of ether oxygens (including phenoxy) is 1. The zero-order valence-corrected chi connectivity index (χ0v) is 14.8. The standard InChI is InChI=1S/C21H22F3NO/c1-2-3-4-5-7-14-10-11-15(18(24)12-14)19-13-26-21(25-19)20-16(22)8-6-9-17(20)23/h6,8-12,19H,2-5,7,13H2,1H3. The van der Waals surface area contributed by atoms with Gasteiger partial charge < -0.3 is 4.74 Å². The van der Waals surface area contributed by atoms with Crippen molar-refractivity contribution in [1.29, 1.82) is 0 Å². The third-order valence-corrected chi connectivity index (χ3v) is 4.57. The van der Waals surface area contributed by atoms with Gasteiger partial charge in [-0.15, -0.1) is 0 Å². The fourth-order valence-electron chi connectivity index (χ4n) is 3.12. The first-order valence-electron chi connectivity index (χ1n) is 9.03. The summed E-state index contributed by atoms with van der Waals surface area (Å²) in [6, 6.07) is 8.08. The molecule has 1 atom stereocenters. The van der Waals surface area contributed by atoms with E-state index in [1.165, 1.54) is 18.6 Å². The van der Waals surface area contributed by atoms with Crippen LogP contribution in [0, 0.1) is 17.5 Å². The summed E-state index contributed by atoms with van der Waals surface area (Å²) in [5, 5.41) is 0. The van der Waals surface area contributed by atoms with E-state index in [0.717, 1.165) is 43.4 Å². The molecule has 1 aliphatic rings. The first-order valence-corrected chi connectivity index (χ1v) is 9.03. The highest BCUT2D eigenvalue weighted by Gasteiger charge is 2.27. The van der Waals surface area contributed by atoms with Crippen molar-refractivity contribution in [2.24, 2.45) is 4.99 Å². The molecule has 0 aromatic heterocycles. The van der Waals surface area contributed by atoms with Gasteiger partial charge in [0.1, 0.15) is 35.7 Å². The molecule has 0 fully saturated rings. The van der Waals surface area contributed by atoms with Crippen molar-refractivity contribution >= 4 is 5.90 Å². The Labute approximate surface area is 151 Å². The molecule has 138 valence electrons. The van der Waals surface area contributed by atoms with Crippen LogP contribution in [0.3, 0.4) is 0 Å². The van der Waals surface area contributed by atoms with Gasteiger partial charge in [-0.05, 0) is 36.6 Å². The Morgan fingerprint density at radius 1 is 1.00 bits per heavy atom. The molecule has 0 spiro atoms. The summed E-state index contributed by atoms with van der Waals surface area (Å²) in [6.07, 6.45) is 5.36. The summed E-state index contributed by atoms with van der Waals surface area (Å²) < 4.78 is 47.6. The minimum Gasteiger partial charge on any atom is -0.475 e. The molecule has 2 nitrogen and oxygen atoms in total. The summed E-state index contributed by atoms with van der Waals surface area (Å²) in [6.45, 7) is 2.22. The second-order valence-electron chi connectivity index (χ2n) is 6.52. The second-order valence-corrected chi connectivity index (χ2v) is 6.52. The van der Waals surface area contributed by atoms with Crippen LogP contribution in [0.25, 0.3) is 0 Å². The van der Waals surface area contributed by atoms with Gasteiger partial charge in [0.2, 0.25) is 5.90 Å². The Morgan fingerprint density at radius 3 is 2.46 bits per heavy atom. The Hall–Kier alpha value is -2.30. The lowest BCUT2D eigenvalue weighted by atomic mass is 10.0. The van der Waals surface area contributed by atoms with E-state index >= 15 is 0 Å². The molecule has 1 unspecified atom stereocenters. The maximum atomic E-state index is 14.5. The van der Waals surface area contributed by atoms with Crippen LogP contribution in [0.5, 0.6) is 0 Å². The maximum absolute atomic E-state index is 14.5. The average Bonchev–Trinajstić information content (AvgIpc) is 3.08. The van der Waals surface area contributed by atoms with E-state index in [1.54, 1.807) is 6.07 Å². The zero-order chi connectivity index (χ0) is 18.5. The van der Waals surface area contributed by atoms with Crippen LogP contribution in [0.2, 0.25) is 0 Å². The summed E-state index contributed by atoms with van der Waals surface area (Å²) in [4.78, 5) is 4.20. The van der Waals surface area contributed by atoms with Crippen LogP contribution in [-0.2, 0) is 11.2 Å². The molecular formula is C21H22F3NO. The van der Waals surface area contributed by atoms with E-state index in [9.17, 15) is 13.2 Å². The van der Waals surface area contributed by atoms with Gasteiger partial charge in [-0.3, -0.25) is 0 Å². The minimum absolute atomic E-state index is 0.0654.